The van der Waals surface area contributed by atoms with Crippen LogP contribution in [0.25, 0.3) is 5.69 Å². The number of amides is 2. The van der Waals surface area contributed by atoms with Crippen molar-refractivity contribution in [1.82, 2.24) is 30.3 Å². The maximum atomic E-state index is 12.5. The molecule has 198 valence electrons. The number of aryl methyl sites for hydroxylation is 1. The van der Waals surface area contributed by atoms with E-state index in [1.54, 1.807) is 56.0 Å². The smallest absolute Gasteiger partial charge is 0.258 e. The third kappa shape index (κ3) is 6.98. The van der Waals surface area contributed by atoms with Gasteiger partial charge < -0.3 is 19.5 Å². The van der Waals surface area contributed by atoms with Crippen molar-refractivity contribution < 1.29 is 23.8 Å². The molecule has 38 heavy (non-hydrogen) atoms. The van der Waals surface area contributed by atoms with Crippen molar-refractivity contribution in [2.45, 2.75) is 18.6 Å². The van der Waals surface area contributed by atoms with Gasteiger partial charge in [0.05, 0.1) is 32.2 Å². The van der Waals surface area contributed by atoms with E-state index in [2.05, 4.69) is 31.0 Å². The highest BCUT2D eigenvalue weighted by Gasteiger charge is 2.20. The third-order valence-electron chi connectivity index (χ3n) is 4.99. The van der Waals surface area contributed by atoms with Gasteiger partial charge in [0.15, 0.2) is 17.6 Å². The van der Waals surface area contributed by atoms with E-state index >= 15 is 0 Å². The summed E-state index contributed by atoms with van der Waals surface area (Å²) in [6, 6.07) is 14.3. The quantitative estimate of drug-likeness (QED) is 0.251. The number of nitrogens with zero attached hydrogens (tertiary/aromatic N) is 5. The van der Waals surface area contributed by atoms with E-state index in [1.807, 2.05) is 18.2 Å². The van der Waals surface area contributed by atoms with Gasteiger partial charge in [-0.3, -0.25) is 19.5 Å². The number of hydrogen-bond donors (Lipinski definition) is 2. The number of hydrogen-bond acceptors (Lipinski definition) is 11. The Hall–Kier alpha value is -4.17. The van der Waals surface area contributed by atoms with Crippen molar-refractivity contribution in [3.05, 3.63) is 59.4 Å². The lowest BCUT2D eigenvalue weighted by atomic mass is 10.2. The van der Waals surface area contributed by atoms with Crippen LogP contribution in [0.1, 0.15) is 10.8 Å². The van der Waals surface area contributed by atoms with Gasteiger partial charge >= 0.3 is 0 Å². The number of rotatable bonds is 12. The van der Waals surface area contributed by atoms with Gasteiger partial charge in [-0.1, -0.05) is 41.3 Å². The number of aromatic nitrogens is 5. The molecule has 0 bridgehead atoms. The molecule has 2 aromatic carbocycles. The molecule has 4 rings (SSSR count). The van der Waals surface area contributed by atoms with E-state index in [0.717, 1.165) is 5.01 Å². The van der Waals surface area contributed by atoms with Crippen molar-refractivity contribution in [1.29, 1.82) is 0 Å². The van der Waals surface area contributed by atoms with Gasteiger partial charge in [-0.2, -0.15) is 0 Å². The number of benzene rings is 2. The fraction of sp³-hybridized carbons (Fsp3) is 0.250. The van der Waals surface area contributed by atoms with Crippen molar-refractivity contribution in [2.24, 2.45) is 0 Å². The van der Waals surface area contributed by atoms with Crippen LogP contribution in [0.15, 0.2) is 53.7 Å². The van der Waals surface area contributed by atoms with E-state index in [1.165, 1.54) is 23.1 Å². The van der Waals surface area contributed by atoms with Crippen LogP contribution in [-0.2, 0) is 16.1 Å². The molecule has 0 saturated carbocycles. The molecular formula is C24H25N7O5S2. The van der Waals surface area contributed by atoms with E-state index in [9.17, 15) is 9.59 Å². The van der Waals surface area contributed by atoms with Gasteiger partial charge in [-0.15, -0.1) is 20.4 Å². The van der Waals surface area contributed by atoms with Crippen LogP contribution in [0.4, 0.5) is 5.13 Å². The molecule has 4 aromatic rings. The minimum absolute atomic E-state index is 0.0420. The monoisotopic (exact) mass is 555 g/mol. The fourth-order valence-electron chi connectivity index (χ4n) is 3.25. The lowest BCUT2D eigenvalue weighted by Crippen LogP contribution is -2.29. The van der Waals surface area contributed by atoms with E-state index in [4.69, 9.17) is 14.2 Å². The van der Waals surface area contributed by atoms with Crippen LogP contribution in [0.2, 0.25) is 0 Å². The second-order valence-electron chi connectivity index (χ2n) is 7.61. The van der Waals surface area contributed by atoms with Gasteiger partial charge in [0.2, 0.25) is 11.0 Å². The summed E-state index contributed by atoms with van der Waals surface area (Å²) < 4.78 is 18.2. The molecule has 0 saturated heterocycles. The summed E-state index contributed by atoms with van der Waals surface area (Å²) in [7, 11) is 3.10. The number of carbonyl (C=O) groups excluding carboxylic acids is 2. The van der Waals surface area contributed by atoms with Gasteiger partial charge in [-0.25, -0.2) is 0 Å². The Morgan fingerprint density at radius 3 is 2.50 bits per heavy atom. The van der Waals surface area contributed by atoms with Crippen molar-refractivity contribution in [2.75, 3.05) is 31.9 Å². The third-order valence-corrected chi connectivity index (χ3v) is 6.67. The first-order valence-corrected chi connectivity index (χ1v) is 13.1. The number of ether oxygens (including phenoxy) is 3. The second-order valence-corrected chi connectivity index (χ2v) is 9.74. The number of methoxy groups -OCH3 is 2. The normalized spacial score (nSPS) is 10.6. The summed E-state index contributed by atoms with van der Waals surface area (Å²) in [4.78, 5) is 25.0. The SMILES string of the molecule is COc1ccc(OC)c(-n2c(CNC(=O)COc3ccccc3)nnc2SCC(=O)Nc2nnc(C)s2)c1. The Bertz CT molecular complexity index is 1390. The summed E-state index contributed by atoms with van der Waals surface area (Å²) in [6.07, 6.45) is 0. The average molecular weight is 556 g/mol. The molecule has 14 heteroatoms. The zero-order valence-electron chi connectivity index (χ0n) is 20.8. The molecule has 0 atom stereocenters. The molecule has 2 heterocycles. The summed E-state index contributed by atoms with van der Waals surface area (Å²) >= 11 is 2.46. The zero-order valence-corrected chi connectivity index (χ0v) is 22.5. The number of thioether (sulfide) groups is 1. The van der Waals surface area contributed by atoms with Crippen molar-refractivity contribution >= 4 is 40.0 Å². The van der Waals surface area contributed by atoms with E-state index < -0.39 is 0 Å². The Labute approximate surface area is 226 Å². The lowest BCUT2D eigenvalue weighted by molar-refractivity contribution is -0.123. The minimum atomic E-state index is -0.332. The Morgan fingerprint density at radius 1 is 0.974 bits per heavy atom. The summed E-state index contributed by atoms with van der Waals surface area (Å²) in [6.45, 7) is 1.70. The number of para-hydroxylation sites is 1. The van der Waals surface area contributed by atoms with Gasteiger partial charge in [0.1, 0.15) is 22.3 Å². The molecule has 2 aromatic heterocycles. The first-order chi connectivity index (χ1) is 18.5. The summed E-state index contributed by atoms with van der Waals surface area (Å²) in [5, 5.41) is 23.5. The molecule has 0 fully saturated rings. The van der Waals surface area contributed by atoms with Crippen LogP contribution < -0.4 is 24.8 Å². The highest BCUT2D eigenvalue weighted by molar-refractivity contribution is 7.99. The molecule has 0 radical (unpaired) electrons. The maximum absolute atomic E-state index is 12.5. The standard InChI is InChI=1S/C24H25N7O5S2/c1-15-27-29-23(38-15)26-22(33)14-37-24-30-28-20(12-25-21(32)13-36-16-7-5-4-6-8-16)31(24)18-11-17(34-2)9-10-19(18)35-3/h4-11H,12-14H2,1-3H3,(H,25,32)(H,26,29,33). The Kier molecular flexibility index (Phi) is 9.11. The molecule has 0 aliphatic carbocycles. The van der Waals surface area contributed by atoms with Gasteiger partial charge in [0.25, 0.3) is 5.91 Å². The first kappa shape index (κ1) is 26.9. The van der Waals surface area contributed by atoms with Crippen LogP contribution in [0.5, 0.6) is 17.2 Å². The molecular weight excluding hydrogens is 530 g/mol. The van der Waals surface area contributed by atoms with Gasteiger partial charge in [0, 0.05) is 6.07 Å². The second kappa shape index (κ2) is 12.9. The molecule has 0 spiro atoms. The Balaban J connectivity index is 1.51. The largest absolute Gasteiger partial charge is 0.497 e. The maximum Gasteiger partial charge on any atom is 0.258 e. The fourth-order valence-corrected chi connectivity index (χ4v) is 4.62. The van der Waals surface area contributed by atoms with Crippen LogP contribution in [0.3, 0.4) is 0 Å². The van der Waals surface area contributed by atoms with Gasteiger partial charge in [-0.05, 0) is 31.2 Å². The number of anilines is 1. The highest BCUT2D eigenvalue weighted by atomic mass is 32.2. The molecule has 0 aliphatic heterocycles. The summed E-state index contributed by atoms with van der Waals surface area (Å²) in [5.41, 5.74) is 0.587. The van der Waals surface area contributed by atoms with E-state index in [0.29, 0.717) is 39.0 Å². The predicted molar refractivity (Wildman–Crippen MR) is 142 cm³/mol. The lowest BCUT2D eigenvalue weighted by Gasteiger charge is -2.15. The van der Waals surface area contributed by atoms with Crippen LogP contribution in [-0.4, -0.2) is 63.4 Å². The molecule has 0 unspecified atom stereocenters. The molecule has 2 N–H and O–H groups in total. The van der Waals surface area contributed by atoms with Crippen molar-refractivity contribution in [3.63, 3.8) is 0 Å². The van der Waals surface area contributed by atoms with E-state index in [-0.39, 0.29) is 30.7 Å². The highest BCUT2D eigenvalue weighted by Crippen LogP contribution is 2.32. The number of carbonyl (C=O) groups is 2. The molecule has 12 nitrogen and oxygen atoms in total. The first-order valence-electron chi connectivity index (χ1n) is 11.3. The Morgan fingerprint density at radius 2 is 1.79 bits per heavy atom. The predicted octanol–water partition coefficient (Wildman–Crippen LogP) is 2.87. The van der Waals surface area contributed by atoms with Crippen LogP contribution in [0, 0.1) is 6.92 Å². The number of nitrogens with one attached hydrogen (secondary N) is 2. The topological polar surface area (TPSA) is 142 Å². The molecule has 0 aliphatic rings. The molecule has 2 amide bonds. The minimum Gasteiger partial charge on any atom is -0.497 e. The zero-order chi connectivity index (χ0) is 26.9. The van der Waals surface area contributed by atoms with Crippen LogP contribution >= 0.6 is 23.1 Å². The van der Waals surface area contributed by atoms with Crippen molar-refractivity contribution in [3.8, 4) is 22.9 Å². The average Bonchev–Trinajstić information content (AvgIpc) is 3.54. The summed E-state index contributed by atoms with van der Waals surface area (Å²) in [5.74, 6) is 1.57.